The third-order valence-electron chi connectivity index (χ3n) is 13.9. The van der Waals surface area contributed by atoms with E-state index in [4.69, 9.17) is 4.42 Å². The number of furan rings is 1. The quantitative estimate of drug-likeness (QED) is 0.159. The summed E-state index contributed by atoms with van der Waals surface area (Å²) in [6.07, 6.45) is 0. The Morgan fingerprint density at radius 3 is 1.71 bits per heavy atom. The molecule has 0 amide bonds. The van der Waals surface area contributed by atoms with Crippen LogP contribution in [0, 0.1) is 0 Å². The Balaban J connectivity index is 0.902. The Morgan fingerprint density at radius 2 is 0.909 bits per heavy atom. The molecule has 312 valence electrons. The maximum absolute atomic E-state index is 6.47. The Morgan fingerprint density at radius 1 is 0.364 bits per heavy atom. The first-order chi connectivity index (χ1) is 32.5. The Kier molecular flexibility index (Phi) is 8.78. The van der Waals surface area contributed by atoms with Crippen molar-refractivity contribution in [2.24, 2.45) is 0 Å². The summed E-state index contributed by atoms with van der Waals surface area (Å²) in [6.45, 7) is 4.68. The van der Waals surface area contributed by atoms with Crippen LogP contribution in [-0.2, 0) is 5.41 Å². The lowest BCUT2D eigenvalue weighted by Gasteiger charge is -2.26. The molecule has 0 saturated heterocycles. The molecule has 66 heavy (non-hydrogen) atoms. The fraction of sp³-hybridized carbons (Fsp3) is 0.0476. The largest absolute Gasteiger partial charge is 0.455 e. The SMILES string of the molecule is CC1(C)c2ccccc2-c2cc(-c3cccc(-c4cccc(N(c5ccc(-c6cccc7c6oc6ccccc67)cc5)c5ccc(-c6cccc7sc8ccccc8c67)cc5)c4)c3)ccc21. The van der Waals surface area contributed by atoms with Crippen molar-refractivity contribution in [2.45, 2.75) is 19.3 Å². The summed E-state index contributed by atoms with van der Waals surface area (Å²) in [5.41, 5.74) is 19.9. The van der Waals surface area contributed by atoms with Crippen LogP contribution >= 0.6 is 11.3 Å². The van der Waals surface area contributed by atoms with E-state index in [0.717, 1.165) is 55.7 Å². The van der Waals surface area contributed by atoms with Gasteiger partial charge in [0, 0.05) is 59.0 Å². The minimum Gasteiger partial charge on any atom is -0.455 e. The highest BCUT2D eigenvalue weighted by atomic mass is 32.1. The molecular formula is C63H43NOS. The van der Waals surface area contributed by atoms with Gasteiger partial charge in [0.15, 0.2) is 0 Å². The molecule has 0 N–H and O–H groups in total. The fourth-order valence-electron chi connectivity index (χ4n) is 10.6. The minimum atomic E-state index is -0.0191. The monoisotopic (exact) mass is 861 g/mol. The maximum atomic E-state index is 6.47. The molecule has 2 nitrogen and oxygen atoms in total. The molecule has 12 aromatic rings. The Labute approximate surface area is 388 Å². The number of nitrogens with zero attached hydrogens (tertiary/aromatic N) is 1. The number of anilines is 3. The Bertz CT molecular complexity index is 3850. The number of hydrogen-bond acceptors (Lipinski definition) is 3. The molecule has 10 aromatic carbocycles. The van der Waals surface area contributed by atoms with Crippen molar-refractivity contribution in [2.75, 3.05) is 4.90 Å². The highest BCUT2D eigenvalue weighted by Gasteiger charge is 2.35. The van der Waals surface area contributed by atoms with Gasteiger partial charge < -0.3 is 9.32 Å². The van der Waals surface area contributed by atoms with E-state index in [2.05, 4.69) is 231 Å². The lowest BCUT2D eigenvalue weighted by Crippen LogP contribution is -2.14. The average Bonchev–Trinajstić information content (AvgIpc) is 4.02. The van der Waals surface area contributed by atoms with Crippen molar-refractivity contribution in [1.82, 2.24) is 0 Å². The molecule has 0 fully saturated rings. The summed E-state index contributed by atoms with van der Waals surface area (Å²) in [5.74, 6) is 0. The van der Waals surface area contributed by atoms with Crippen molar-refractivity contribution in [3.63, 3.8) is 0 Å². The third-order valence-corrected chi connectivity index (χ3v) is 15.0. The van der Waals surface area contributed by atoms with Crippen molar-refractivity contribution in [3.8, 4) is 55.6 Å². The first-order valence-electron chi connectivity index (χ1n) is 22.7. The fourth-order valence-corrected chi connectivity index (χ4v) is 11.8. The number of hydrogen-bond donors (Lipinski definition) is 0. The van der Waals surface area contributed by atoms with E-state index in [9.17, 15) is 0 Å². The lowest BCUT2D eigenvalue weighted by atomic mass is 9.82. The van der Waals surface area contributed by atoms with E-state index in [1.165, 1.54) is 70.2 Å². The van der Waals surface area contributed by atoms with Gasteiger partial charge in [0.25, 0.3) is 0 Å². The average molecular weight is 862 g/mol. The lowest BCUT2D eigenvalue weighted by molar-refractivity contribution is 0.660. The van der Waals surface area contributed by atoms with Crippen LogP contribution in [0.25, 0.3) is 97.7 Å². The van der Waals surface area contributed by atoms with Crippen molar-refractivity contribution < 1.29 is 4.42 Å². The first kappa shape index (κ1) is 38.5. The van der Waals surface area contributed by atoms with Crippen LogP contribution < -0.4 is 4.90 Å². The molecule has 0 radical (unpaired) electrons. The summed E-state index contributed by atoms with van der Waals surface area (Å²) in [6, 6.07) is 82.1. The zero-order valence-electron chi connectivity index (χ0n) is 36.6. The number of benzene rings is 10. The molecule has 0 spiro atoms. The van der Waals surface area contributed by atoms with E-state index < -0.39 is 0 Å². The normalized spacial score (nSPS) is 12.8. The molecule has 0 atom stereocenters. The van der Waals surface area contributed by atoms with Crippen LogP contribution in [-0.4, -0.2) is 0 Å². The molecule has 13 rings (SSSR count). The molecule has 0 saturated carbocycles. The first-order valence-corrected chi connectivity index (χ1v) is 23.5. The van der Waals surface area contributed by atoms with Crippen LogP contribution in [0.2, 0.25) is 0 Å². The molecule has 2 aromatic heterocycles. The van der Waals surface area contributed by atoms with E-state index >= 15 is 0 Å². The van der Waals surface area contributed by atoms with E-state index in [1.54, 1.807) is 0 Å². The van der Waals surface area contributed by atoms with Crippen LogP contribution in [0.5, 0.6) is 0 Å². The molecule has 3 heteroatoms. The Hall–Kier alpha value is -7.98. The second-order valence-electron chi connectivity index (χ2n) is 18.0. The van der Waals surface area contributed by atoms with Gasteiger partial charge in [-0.2, -0.15) is 0 Å². The van der Waals surface area contributed by atoms with Crippen molar-refractivity contribution in [1.29, 1.82) is 0 Å². The zero-order valence-corrected chi connectivity index (χ0v) is 37.4. The van der Waals surface area contributed by atoms with Gasteiger partial charge in [0.1, 0.15) is 11.2 Å². The van der Waals surface area contributed by atoms with Gasteiger partial charge in [-0.25, -0.2) is 0 Å². The number of para-hydroxylation sites is 2. The summed E-state index contributed by atoms with van der Waals surface area (Å²) in [5, 5.41) is 4.90. The number of fused-ring (bicyclic) bond motifs is 9. The van der Waals surface area contributed by atoms with Crippen molar-refractivity contribution in [3.05, 3.63) is 236 Å². The molecule has 1 aliphatic rings. The van der Waals surface area contributed by atoms with Gasteiger partial charge in [-0.05, 0) is 128 Å². The van der Waals surface area contributed by atoms with Gasteiger partial charge in [0.05, 0.1) is 0 Å². The predicted molar refractivity (Wildman–Crippen MR) is 281 cm³/mol. The topological polar surface area (TPSA) is 16.4 Å². The van der Waals surface area contributed by atoms with Gasteiger partial charge in [-0.1, -0.05) is 172 Å². The standard InChI is InChI=1S/C63H43NOS/c1-63(2)56-23-6-3-17-51(56)55-39-45(31-36-57(55)63)43-14-9-13-42(37-43)44-15-10-16-48(38-44)64(46-32-27-40(28-33-46)49-20-12-26-60-61(49)54-19-5-8-25-59(54)66-60)47-34-29-41(30-35-47)50-21-11-22-53-52-18-4-7-24-58(52)65-62(50)53/h3-39H,1-2H3. The van der Waals surface area contributed by atoms with Gasteiger partial charge in [0.2, 0.25) is 0 Å². The molecule has 2 heterocycles. The van der Waals surface area contributed by atoms with Gasteiger partial charge >= 0.3 is 0 Å². The van der Waals surface area contributed by atoms with Crippen LogP contribution in [0.15, 0.2) is 229 Å². The second-order valence-corrected chi connectivity index (χ2v) is 19.1. The van der Waals surface area contributed by atoms with Gasteiger partial charge in [-0.15, -0.1) is 11.3 Å². The van der Waals surface area contributed by atoms with Crippen molar-refractivity contribution >= 4 is 70.5 Å². The molecule has 0 aliphatic heterocycles. The highest BCUT2D eigenvalue weighted by Crippen LogP contribution is 2.50. The van der Waals surface area contributed by atoms with Gasteiger partial charge in [-0.3, -0.25) is 0 Å². The summed E-state index contributed by atoms with van der Waals surface area (Å²) >= 11 is 1.86. The molecule has 1 aliphatic carbocycles. The van der Waals surface area contributed by atoms with Crippen LogP contribution in [0.3, 0.4) is 0 Å². The predicted octanol–water partition coefficient (Wildman–Crippen LogP) is 18.4. The second kappa shape index (κ2) is 15.1. The molecular weight excluding hydrogens is 819 g/mol. The van der Waals surface area contributed by atoms with E-state index in [1.807, 2.05) is 23.5 Å². The summed E-state index contributed by atoms with van der Waals surface area (Å²) in [7, 11) is 0. The number of thiophene rings is 1. The number of rotatable bonds is 7. The van der Waals surface area contributed by atoms with Crippen LogP contribution in [0.4, 0.5) is 17.1 Å². The van der Waals surface area contributed by atoms with Crippen LogP contribution in [0.1, 0.15) is 25.0 Å². The van der Waals surface area contributed by atoms with E-state index in [-0.39, 0.29) is 5.41 Å². The zero-order chi connectivity index (χ0) is 43.9. The third kappa shape index (κ3) is 6.15. The smallest absolute Gasteiger partial charge is 0.143 e. The highest BCUT2D eigenvalue weighted by molar-refractivity contribution is 7.25. The van der Waals surface area contributed by atoms with E-state index in [0.29, 0.717) is 0 Å². The maximum Gasteiger partial charge on any atom is 0.143 e. The minimum absolute atomic E-state index is 0.0191. The molecule has 0 unspecified atom stereocenters. The summed E-state index contributed by atoms with van der Waals surface area (Å²) < 4.78 is 9.10. The summed E-state index contributed by atoms with van der Waals surface area (Å²) in [4.78, 5) is 2.38. The molecule has 0 bridgehead atoms.